The van der Waals surface area contributed by atoms with E-state index in [1.165, 1.54) is 0 Å². The molecule has 0 aliphatic carbocycles. The summed E-state index contributed by atoms with van der Waals surface area (Å²) < 4.78 is 7.64. The second-order valence-corrected chi connectivity index (χ2v) is 8.89. The minimum absolute atomic E-state index is 0.0397. The number of benzene rings is 1. The van der Waals surface area contributed by atoms with Gasteiger partial charge in [0.05, 0.1) is 29.5 Å². The van der Waals surface area contributed by atoms with E-state index in [1.54, 1.807) is 6.33 Å². The van der Waals surface area contributed by atoms with Crippen LogP contribution in [0.15, 0.2) is 35.1 Å². The Morgan fingerprint density at radius 2 is 1.97 bits per heavy atom. The zero-order valence-corrected chi connectivity index (χ0v) is 18.4. The molecule has 2 aliphatic heterocycles. The van der Waals surface area contributed by atoms with Gasteiger partial charge in [-0.3, -0.25) is 14.3 Å². The summed E-state index contributed by atoms with van der Waals surface area (Å²) in [5.41, 5.74) is 3.21. The fourth-order valence-electron chi connectivity index (χ4n) is 4.89. The maximum atomic E-state index is 13.2. The van der Waals surface area contributed by atoms with Gasteiger partial charge in [0.15, 0.2) is 0 Å². The van der Waals surface area contributed by atoms with Crippen molar-refractivity contribution in [1.82, 2.24) is 29.5 Å². The maximum absolute atomic E-state index is 13.2. The highest BCUT2D eigenvalue weighted by Crippen LogP contribution is 2.41. The van der Waals surface area contributed by atoms with Crippen molar-refractivity contribution in [3.63, 3.8) is 0 Å². The summed E-state index contributed by atoms with van der Waals surface area (Å²) in [5.74, 6) is 1.13. The van der Waals surface area contributed by atoms with Crippen molar-refractivity contribution in [2.45, 2.75) is 65.2 Å². The molecule has 0 saturated carbocycles. The Morgan fingerprint density at radius 1 is 1.19 bits per heavy atom. The van der Waals surface area contributed by atoms with Crippen molar-refractivity contribution in [2.75, 3.05) is 6.54 Å². The number of hydrogen-bond donors (Lipinski definition) is 0. The third kappa shape index (κ3) is 3.26. The summed E-state index contributed by atoms with van der Waals surface area (Å²) in [5, 5.41) is 4.27. The molecular weight excluding hydrogens is 392 g/mol. The molecule has 3 aromatic rings. The molecule has 2 aliphatic rings. The largest absolute Gasteiger partial charge is 0.337 e. The normalized spacial score (nSPS) is 18.0. The minimum Gasteiger partial charge on any atom is -0.337 e. The Labute approximate surface area is 181 Å². The molecule has 31 heavy (non-hydrogen) atoms. The molecule has 1 aromatic carbocycles. The summed E-state index contributed by atoms with van der Waals surface area (Å²) in [7, 11) is 0. The van der Waals surface area contributed by atoms with E-state index in [4.69, 9.17) is 4.52 Å². The highest BCUT2D eigenvalue weighted by atomic mass is 16.5. The number of rotatable bonds is 5. The first-order valence-electron chi connectivity index (χ1n) is 11.0. The van der Waals surface area contributed by atoms with Crippen molar-refractivity contribution in [3.8, 4) is 17.2 Å². The van der Waals surface area contributed by atoms with Gasteiger partial charge in [0.25, 0.3) is 5.91 Å². The van der Waals surface area contributed by atoms with Crippen LogP contribution in [-0.4, -0.2) is 54.0 Å². The van der Waals surface area contributed by atoms with E-state index in [0.29, 0.717) is 41.6 Å². The van der Waals surface area contributed by atoms with E-state index < -0.39 is 0 Å². The van der Waals surface area contributed by atoms with Crippen molar-refractivity contribution < 1.29 is 9.32 Å². The number of aromatic nitrogens is 4. The molecule has 4 heterocycles. The fourth-order valence-corrected chi connectivity index (χ4v) is 4.89. The number of amides is 1. The fraction of sp³-hybridized carbons (Fsp3) is 0.478. The van der Waals surface area contributed by atoms with Gasteiger partial charge in [0.2, 0.25) is 11.7 Å². The van der Waals surface area contributed by atoms with Crippen molar-refractivity contribution in [1.29, 1.82) is 0 Å². The number of carbonyl (C=O) groups excluding carboxylic acids is 1. The first-order valence-corrected chi connectivity index (χ1v) is 11.0. The molecule has 0 N–H and O–H groups in total. The summed E-state index contributed by atoms with van der Waals surface area (Å²) in [6.45, 7) is 9.99. The predicted molar refractivity (Wildman–Crippen MR) is 116 cm³/mol. The molecule has 162 valence electrons. The van der Waals surface area contributed by atoms with Gasteiger partial charge < -0.3 is 9.42 Å². The Hall–Kier alpha value is -3.00. The lowest BCUT2D eigenvalue weighted by Crippen LogP contribution is -2.36. The lowest BCUT2D eigenvalue weighted by atomic mass is 10.1. The van der Waals surface area contributed by atoms with Crippen LogP contribution in [-0.2, 0) is 6.54 Å². The zero-order chi connectivity index (χ0) is 21.7. The smallest absolute Gasteiger partial charge is 0.256 e. The third-order valence-corrected chi connectivity index (χ3v) is 6.35. The first kappa shape index (κ1) is 19.9. The highest BCUT2D eigenvalue weighted by Gasteiger charge is 2.39. The molecule has 0 unspecified atom stereocenters. The number of carbonyl (C=O) groups is 1. The van der Waals surface area contributed by atoms with Gasteiger partial charge in [0, 0.05) is 18.6 Å². The minimum atomic E-state index is -0.0397. The highest BCUT2D eigenvalue weighted by molar-refractivity contribution is 5.99. The lowest BCUT2D eigenvalue weighted by molar-refractivity contribution is 0.0739. The molecule has 8 heteroatoms. The van der Waals surface area contributed by atoms with Gasteiger partial charge in [-0.05, 0) is 52.7 Å². The topological polar surface area (TPSA) is 80.3 Å². The summed E-state index contributed by atoms with van der Waals surface area (Å²) >= 11 is 0. The van der Waals surface area contributed by atoms with E-state index >= 15 is 0 Å². The monoisotopic (exact) mass is 420 g/mol. The van der Waals surface area contributed by atoms with Crippen molar-refractivity contribution >= 4 is 5.91 Å². The third-order valence-electron chi connectivity index (χ3n) is 6.35. The average Bonchev–Trinajstić information content (AvgIpc) is 3.48. The standard InChI is InChI=1S/C23H28N6O2/c1-14(2)28(15(3)4)12-19-25-22(26-31-19)20-21-18-10-7-11-27(18)23(30)16-8-5-6-9-17(16)29(21)13-24-20/h5-6,8-9,13-15,18H,7,10-12H2,1-4H3/t18-/m0/s1. The van der Waals surface area contributed by atoms with Crippen molar-refractivity contribution in [3.05, 3.63) is 47.7 Å². The van der Waals surface area contributed by atoms with Gasteiger partial charge >= 0.3 is 0 Å². The molecule has 1 saturated heterocycles. The van der Waals surface area contributed by atoms with Crippen molar-refractivity contribution in [2.24, 2.45) is 0 Å². The molecule has 8 nitrogen and oxygen atoms in total. The second-order valence-electron chi connectivity index (χ2n) is 8.89. The van der Waals surface area contributed by atoms with E-state index in [-0.39, 0.29) is 11.9 Å². The SMILES string of the molecule is CC(C)N(Cc1nc(-c2ncn3c2[C@@H]2CCCN2C(=O)c2ccccc2-3)no1)C(C)C. The zero-order valence-electron chi connectivity index (χ0n) is 18.4. The number of hydrogen-bond acceptors (Lipinski definition) is 6. The number of fused-ring (bicyclic) bond motifs is 5. The van der Waals surface area contributed by atoms with Crippen LogP contribution in [0.2, 0.25) is 0 Å². The Bertz CT molecular complexity index is 1110. The van der Waals surface area contributed by atoms with Crippen LogP contribution in [0.25, 0.3) is 17.2 Å². The summed E-state index contributed by atoms with van der Waals surface area (Å²) in [4.78, 5) is 26.9. The van der Waals surface area contributed by atoms with Crippen LogP contribution >= 0.6 is 0 Å². The van der Waals surface area contributed by atoms with Crippen LogP contribution in [0.5, 0.6) is 0 Å². The van der Waals surface area contributed by atoms with Crippen LogP contribution in [0.1, 0.15) is 68.5 Å². The van der Waals surface area contributed by atoms with Crippen LogP contribution < -0.4 is 0 Å². The molecule has 5 rings (SSSR count). The molecule has 1 fully saturated rings. The first-order chi connectivity index (χ1) is 15.0. The predicted octanol–water partition coefficient (Wildman–Crippen LogP) is 3.83. The van der Waals surface area contributed by atoms with E-state index in [0.717, 1.165) is 30.8 Å². The number of para-hydroxylation sites is 1. The Balaban J connectivity index is 1.57. The summed E-state index contributed by atoms with van der Waals surface area (Å²) in [6.07, 6.45) is 3.65. The van der Waals surface area contributed by atoms with Gasteiger partial charge in [-0.15, -0.1) is 0 Å². The van der Waals surface area contributed by atoms with E-state index in [2.05, 4.69) is 47.7 Å². The Morgan fingerprint density at radius 3 is 2.74 bits per heavy atom. The maximum Gasteiger partial charge on any atom is 0.256 e. The number of nitrogens with zero attached hydrogens (tertiary/aromatic N) is 6. The average molecular weight is 421 g/mol. The van der Waals surface area contributed by atoms with Crippen LogP contribution in [0, 0.1) is 0 Å². The molecule has 1 amide bonds. The molecule has 0 spiro atoms. The van der Waals surface area contributed by atoms with Gasteiger partial charge in [-0.2, -0.15) is 4.98 Å². The lowest BCUT2D eigenvalue weighted by Gasteiger charge is -2.28. The molecule has 0 bridgehead atoms. The quantitative estimate of drug-likeness (QED) is 0.624. The molecule has 1 atom stereocenters. The van der Waals surface area contributed by atoms with E-state index in [9.17, 15) is 4.79 Å². The van der Waals surface area contributed by atoms with Crippen LogP contribution in [0.4, 0.5) is 0 Å². The second kappa shape index (κ2) is 7.60. The van der Waals surface area contributed by atoms with Gasteiger partial charge in [-0.1, -0.05) is 17.3 Å². The molecule has 0 radical (unpaired) electrons. The van der Waals surface area contributed by atoms with Crippen LogP contribution in [0.3, 0.4) is 0 Å². The van der Waals surface area contributed by atoms with E-state index in [1.807, 2.05) is 33.7 Å². The molecule has 2 aromatic heterocycles. The van der Waals surface area contributed by atoms with Gasteiger partial charge in [0.1, 0.15) is 12.0 Å². The summed E-state index contributed by atoms with van der Waals surface area (Å²) in [6, 6.07) is 8.41. The number of imidazole rings is 1. The Kier molecular flexibility index (Phi) is 4.89. The molecular formula is C23H28N6O2. The van der Waals surface area contributed by atoms with Gasteiger partial charge in [-0.25, -0.2) is 4.98 Å².